The number of oxazole rings is 1. The first-order valence-electron chi connectivity index (χ1n) is 10.9. The molecule has 0 unspecified atom stereocenters. The Morgan fingerprint density at radius 1 is 1.03 bits per heavy atom. The Morgan fingerprint density at radius 3 is 2.53 bits per heavy atom. The number of hydrogen-bond donors (Lipinski definition) is 1. The van der Waals surface area contributed by atoms with Crippen molar-refractivity contribution in [2.24, 2.45) is 0 Å². The minimum atomic E-state index is -0.197. The predicted molar refractivity (Wildman–Crippen MR) is 138 cm³/mol. The molecule has 0 aliphatic carbocycles. The first-order chi connectivity index (χ1) is 16.4. The van der Waals surface area contributed by atoms with Crippen molar-refractivity contribution >= 4 is 43.7 Å². The Balaban J connectivity index is 1.34. The molecule has 5 rings (SSSR count). The van der Waals surface area contributed by atoms with Gasteiger partial charge in [0.15, 0.2) is 5.58 Å². The maximum absolute atomic E-state index is 13.0. The van der Waals surface area contributed by atoms with Gasteiger partial charge in [0.1, 0.15) is 11.3 Å². The molecule has 0 spiro atoms. The number of rotatable bonds is 5. The molecule has 0 saturated carbocycles. The van der Waals surface area contributed by atoms with E-state index in [1.807, 2.05) is 66.7 Å². The second-order valence-electron chi connectivity index (χ2n) is 8.30. The molecular formula is C28H23BrN2O3. The summed E-state index contributed by atoms with van der Waals surface area (Å²) in [6.45, 7) is 4.52. The largest absolute Gasteiger partial charge is 0.495 e. The van der Waals surface area contributed by atoms with Crippen LogP contribution in [-0.4, -0.2) is 18.0 Å². The number of carbonyl (C=O) groups is 1. The Morgan fingerprint density at radius 2 is 1.76 bits per heavy atom. The van der Waals surface area contributed by atoms with Gasteiger partial charge in [-0.1, -0.05) is 36.4 Å². The van der Waals surface area contributed by atoms with E-state index in [2.05, 4.69) is 40.1 Å². The van der Waals surface area contributed by atoms with Gasteiger partial charge >= 0.3 is 0 Å². The van der Waals surface area contributed by atoms with Crippen LogP contribution in [0.5, 0.6) is 5.75 Å². The Hall–Kier alpha value is -3.64. The molecule has 6 heteroatoms. The average molecular weight is 515 g/mol. The lowest BCUT2D eigenvalue weighted by molar-refractivity contribution is 0.0948. The number of nitrogens with one attached hydrogen (secondary N) is 1. The van der Waals surface area contributed by atoms with Gasteiger partial charge in [0.05, 0.1) is 17.1 Å². The molecule has 0 aliphatic rings. The summed E-state index contributed by atoms with van der Waals surface area (Å²) in [5.41, 5.74) is 6.35. The summed E-state index contributed by atoms with van der Waals surface area (Å²) in [7, 11) is 1.57. The van der Waals surface area contributed by atoms with Gasteiger partial charge in [0.2, 0.25) is 5.89 Å². The van der Waals surface area contributed by atoms with Crippen LogP contribution >= 0.6 is 15.9 Å². The van der Waals surface area contributed by atoms with Crippen LogP contribution in [0.4, 0.5) is 0 Å². The highest BCUT2D eigenvalue weighted by Gasteiger charge is 2.18. The van der Waals surface area contributed by atoms with Crippen molar-refractivity contribution in [2.45, 2.75) is 20.4 Å². The van der Waals surface area contributed by atoms with Crippen LogP contribution in [0.15, 0.2) is 75.6 Å². The van der Waals surface area contributed by atoms with Gasteiger partial charge in [0, 0.05) is 12.1 Å². The third kappa shape index (κ3) is 4.05. The minimum absolute atomic E-state index is 0.197. The van der Waals surface area contributed by atoms with E-state index >= 15 is 0 Å². The van der Waals surface area contributed by atoms with Crippen molar-refractivity contribution in [3.8, 4) is 17.2 Å². The van der Waals surface area contributed by atoms with Crippen molar-refractivity contribution < 1.29 is 13.9 Å². The number of methoxy groups -OCH3 is 1. The summed E-state index contributed by atoms with van der Waals surface area (Å²) >= 11 is 3.59. The third-order valence-electron chi connectivity index (χ3n) is 6.05. The average Bonchev–Trinajstić information content (AvgIpc) is 3.25. The number of nitrogens with zero attached hydrogens (tertiary/aromatic N) is 1. The lowest BCUT2D eigenvalue weighted by Gasteiger charge is -2.13. The number of aromatic nitrogens is 1. The van der Waals surface area contributed by atoms with Gasteiger partial charge in [-0.3, -0.25) is 4.79 Å². The smallest absolute Gasteiger partial charge is 0.255 e. The summed E-state index contributed by atoms with van der Waals surface area (Å²) < 4.78 is 12.3. The number of benzene rings is 4. The van der Waals surface area contributed by atoms with Gasteiger partial charge in [-0.15, -0.1) is 0 Å². The van der Waals surface area contributed by atoms with Crippen LogP contribution < -0.4 is 10.1 Å². The van der Waals surface area contributed by atoms with E-state index in [0.717, 1.165) is 37.5 Å². The van der Waals surface area contributed by atoms with Gasteiger partial charge < -0.3 is 14.5 Å². The zero-order valence-electron chi connectivity index (χ0n) is 19.1. The van der Waals surface area contributed by atoms with E-state index in [9.17, 15) is 4.79 Å². The fourth-order valence-corrected chi connectivity index (χ4v) is 4.74. The molecule has 1 aromatic heterocycles. The van der Waals surface area contributed by atoms with E-state index < -0.39 is 0 Å². The van der Waals surface area contributed by atoms with Crippen molar-refractivity contribution in [3.05, 3.63) is 93.5 Å². The van der Waals surface area contributed by atoms with E-state index in [0.29, 0.717) is 23.7 Å². The molecule has 0 saturated heterocycles. The van der Waals surface area contributed by atoms with E-state index in [4.69, 9.17) is 9.15 Å². The van der Waals surface area contributed by atoms with Crippen LogP contribution in [-0.2, 0) is 6.54 Å². The van der Waals surface area contributed by atoms with Crippen molar-refractivity contribution in [2.75, 3.05) is 7.11 Å². The summed E-state index contributed by atoms with van der Waals surface area (Å²) in [6, 6.07) is 21.6. The molecule has 34 heavy (non-hydrogen) atoms. The number of halogens is 1. The van der Waals surface area contributed by atoms with Crippen LogP contribution in [0.25, 0.3) is 33.3 Å². The van der Waals surface area contributed by atoms with Gasteiger partial charge in [-0.25, -0.2) is 4.98 Å². The van der Waals surface area contributed by atoms with E-state index in [1.165, 1.54) is 11.1 Å². The topological polar surface area (TPSA) is 64.4 Å². The quantitative estimate of drug-likeness (QED) is 0.275. The van der Waals surface area contributed by atoms with Gasteiger partial charge in [0.25, 0.3) is 5.91 Å². The van der Waals surface area contributed by atoms with Gasteiger partial charge in [-0.2, -0.15) is 0 Å². The highest BCUT2D eigenvalue weighted by atomic mass is 79.9. The molecule has 170 valence electrons. The number of amides is 1. The molecule has 5 aromatic rings. The van der Waals surface area contributed by atoms with E-state index in [1.54, 1.807) is 7.11 Å². The zero-order chi connectivity index (χ0) is 23.8. The number of ether oxygens (including phenoxy) is 1. The first-order valence-corrected chi connectivity index (χ1v) is 11.7. The van der Waals surface area contributed by atoms with Crippen LogP contribution in [0.1, 0.15) is 27.0 Å². The first kappa shape index (κ1) is 22.2. The summed E-state index contributed by atoms with van der Waals surface area (Å²) in [6.07, 6.45) is 0. The Bertz CT molecular complexity index is 1500. The lowest BCUT2D eigenvalue weighted by Crippen LogP contribution is -2.23. The highest BCUT2D eigenvalue weighted by molar-refractivity contribution is 9.10. The molecule has 0 aliphatic heterocycles. The maximum atomic E-state index is 13.0. The van der Waals surface area contributed by atoms with Crippen LogP contribution in [0.2, 0.25) is 0 Å². The summed E-state index contributed by atoms with van der Waals surface area (Å²) in [5, 5.41) is 4.96. The SMILES string of the molecule is COc1c(C(=O)NCc2ccc(-c3nc4cc(C)c(C)cc4o3)cc2)cc2ccccc2c1Br. The molecule has 4 aromatic carbocycles. The summed E-state index contributed by atoms with van der Waals surface area (Å²) in [4.78, 5) is 17.6. The van der Waals surface area contributed by atoms with Crippen molar-refractivity contribution in [3.63, 3.8) is 0 Å². The molecule has 0 atom stereocenters. The molecule has 0 fully saturated rings. The van der Waals surface area contributed by atoms with Crippen molar-refractivity contribution in [1.82, 2.24) is 10.3 Å². The predicted octanol–water partition coefficient (Wildman–Crippen LogP) is 6.97. The minimum Gasteiger partial charge on any atom is -0.495 e. The molecule has 1 heterocycles. The second kappa shape index (κ2) is 8.95. The third-order valence-corrected chi connectivity index (χ3v) is 6.83. The maximum Gasteiger partial charge on any atom is 0.255 e. The Kier molecular flexibility index (Phi) is 5.84. The number of carbonyl (C=O) groups excluding carboxylic acids is 1. The normalized spacial score (nSPS) is 11.2. The van der Waals surface area contributed by atoms with Gasteiger partial charge in [-0.05, 0) is 87.6 Å². The molecule has 5 nitrogen and oxygen atoms in total. The van der Waals surface area contributed by atoms with Crippen LogP contribution in [0.3, 0.4) is 0 Å². The number of fused-ring (bicyclic) bond motifs is 2. The monoisotopic (exact) mass is 514 g/mol. The Labute approximate surface area is 205 Å². The standard InChI is InChI=1S/C28H23BrN2O3/c1-16-12-23-24(13-17(16)2)34-28(31-23)19-10-8-18(9-11-19)15-30-27(32)22-14-20-6-4-5-7-21(20)25(29)26(22)33-3/h4-14H,15H2,1-3H3,(H,30,32). The second-order valence-corrected chi connectivity index (χ2v) is 9.09. The summed E-state index contributed by atoms with van der Waals surface area (Å²) in [5.74, 6) is 0.909. The fraction of sp³-hybridized carbons (Fsp3) is 0.143. The lowest BCUT2D eigenvalue weighted by atomic mass is 10.0. The molecule has 1 N–H and O–H groups in total. The van der Waals surface area contributed by atoms with E-state index in [-0.39, 0.29) is 5.91 Å². The zero-order valence-corrected chi connectivity index (χ0v) is 20.7. The molecule has 0 radical (unpaired) electrons. The van der Waals surface area contributed by atoms with Crippen molar-refractivity contribution in [1.29, 1.82) is 0 Å². The molecule has 0 bridgehead atoms. The highest BCUT2D eigenvalue weighted by Crippen LogP contribution is 2.36. The van der Waals surface area contributed by atoms with Crippen LogP contribution in [0, 0.1) is 13.8 Å². The number of aryl methyl sites for hydroxylation is 2. The number of hydrogen-bond acceptors (Lipinski definition) is 4. The molecular weight excluding hydrogens is 492 g/mol. The fourth-order valence-electron chi connectivity index (χ4n) is 4.00. The molecule has 1 amide bonds.